The van der Waals surface area contributed by atoms with Gasteiger partial charge in [-0.15, -0.1) is 0 Å². The summed E-state index contributed by atoms with van der Waals surface area (Å²) in [5.74, 6) is 0. The minimum atomic E-state index is -0.353. The quantitative estimate of drug-likeness (QED) is 0.649. The van der Waals surface area contributed by atoms with Crippen LogP contribution in [0.15, 0.2) is 18.3 Å². The average Bonchev–Trinajstić information content (AvgIpc) is 2.29. The van der Waals surface area contributed by atoms with Gasteiger partial charge in [0, 0.05) is 30.3 Å². The Labute approximate surface area is 95.3 Å². The van der Waals surface area contributed by atoms with Crippen LogP contribution < -0.4 is 5.46 Å². The van der Waals surface area contributed by atoms with Gasteiger partial charge in [0.2, 0.25) is 0 Å². The van der Waals surface area contributed by atoms with Crippen LogP contribution in [-0.4, -0.2) is 25.3 Å². The molecular weight excluding hydrogens is 203 g/mol. The van der Waals surface area contributed by atoms with Crippen LogP contribution in [-0.2, 0) is 9.31 Å². The smallest absolute Gasteiger partial charge is 0.407 e. The maximum absolute atomic E-state index is 8.63. The van der Waals surface area contributed by atoms with Gasteiger partial charge < -0.3 is 9.31 Å². The van der Waals surface area contributed by atoms with Crippen LogP contribution in [0.5, 0.6) is 0 Å². The lowest BCUT2D eigenvalue weighted by atomic mass is 9.77. The van der Waals surface area contributed by atoms with Crippen LogP contribution in [0.2, 0.25) is 0 Å². The highest BCUT2D eigenvalue weighted by molar-refractivity contribution is 6.61. The first kappa shape index (κ1) is 11.1. The van der Waals surface area contributed by atoms with Crippen molar-refractivity contribution in [2.24, 2.45) is 5.41 Å². The average molecular weight is 216 g/mol. The molecule has 0 aliphatic carbocycles. The van der Waals surface area contributed by atoms with E-state index >= 15 is 0 Å². The normalized spacial score (nSPS) is 19.2. The second kappa shape index (κ2) is 4.24. The molecule has 4 nitrogen and oxygen atoms in total. The molecule has 1 fully saturated rings. The van der Waals surface area contributed by atoms with Crippen molar-refractivity contribution in [3.05, 3.63) is 24.0 Å². The summed E-state index contributed by atoms with van der Waals surface area (Å²) in [6.07, 6.45) is 1.63. The van der Waals surface area contributed by atoms with Gasteiger partial charge in [-0.05, 0) is 6.07 Å². The highest BCUT2D eigenvalue weighted by Gasteiger charge is 2.33. The fourth-order valence-corrected chi connectivity index (χ4v) is 1.50. The van der Waals surface area contributed by atoms with Gasteiger partial charge in [-0.3, -0.25) is 0 Å². The Morgan fingerprint density at radius 1 is 1.38 bits per heavy atom. The Bertz CT molecular complexity index is 401. The topological polar surface area (TPSA) is 55.1 Å². The zero-order chi connectivity index (χ0) is 11.6. The van der Waals surface area contributed by atoms with Gasteiger partial charge in [0.25, 0.3) is 0 Å². The van der Waals surface area contributed by atoms with Crippen molar-refractivity contribution in [2.45, 2.75) is 13.8 Å². The highest BCUT2D eigenvalue weighted by Crippen LogP contribution is 2.21. The molecule has 16 heavy (non-hydrogen) atoms. The first-order valence-electron chi connectivity index (χ1n) is 5.20. The lowest BCUT2D eigenvalue weighted by molar-refractivity contribution is 0.0343. The Hall–Kier alpha value is -1.38. The van der Waals surface area contributed by atoms with Crippen LogP contribution in [0.1, 0.15) is 19.5 Å². The molecule has 0 bridgehead atoms. The second-order valence-corrected chi connectivity index (χ2v) is 4.71. The number of nitriles is 1. The largest absolute Gasteiger partial charge is 0.495 e. The van der Waals surface area contributed by atoms with E-state index in [1.165, 1.54) is 0 Å². The van der Waals surface area contributed by atoms with Crippen LogP contribution >= 0.6 is 0 Å². The van der Waals surface area contributed by atoms with E-state index in [-0.39, 0.29) is 12.5 Å². The standard InChI is InChI=1S/C11H13BN2O2/c1-11(2)7-15-12(16-8-11)9-3-4-10(5-13)14-6-9/h3-4,6H,7-8H2,1-2H3. The minimum absolute atomic E-state index is 0.0660. The number of aromatic nitrogens is 1. The van der Waals surface area contributed by atoms with E-state index in [0.29, 0.717) is 18.9 Å². The van der Waals surface area contributed by atoms with Crippen LogP contribution in [0.3, 0.4) is 0 Å². The lowest BCUT2D eigenvalue weighted by Crippen LogP contribution is -2.47. The molecule has 1 aliphatic rings. The van der Waals surface area contributed by atoms with Crippen molar-refractivity contribution >= 4 is 12.6 Å². The molecule has 0 aromatic carbocycles. The first-order valence-corrected chi connectivity index (χ1v) is 5.20. The Balaban J connectivity index is 2.06. The highest BCUT2D eigenvalue weighted by atomic mass is 16.6. The van der Waals surface area contributed by atoms with Crippen molar-refractivity contribution in [3.63, 3.8) is 0 Å². The van der Waals surface area contributed by atoms with Crippen molar-refractivity contribution in [3.8, 4) is 6.07 Å². The molecule has 0 amide bonds. The van der Waals surface area contributed by atoms with Gasteiger partial charge in [-0.1, -0.05) is 19.9 Å². The van der Waals surface area contributed by atoms with E-state index in [0.717, 1.165) is 5.46 Å². The molecule has 1 aromatic heterocycles. The van der Waals surface area contributed by atoms with E-state index in [1.807, 2.05) is 12.1 Å². The summed E-state index contributed by atoms with van der Waals surface area (Å²) in [5.41, 5.74) is 1.32. The molecule has 0 radical (unpaired) electrons. The molecule has 0 N–H and O–H groups in total. The van der Waals surface area contributed by atoms with Gasteiger partial charge in [-0.2, -0.15) is 5.26 Å². The van der Waals surface area contributed by atoms with Gasteiger partial charge in [-0.25, -0.2) is 4.98 Å². The van der Waals surface area contributed by atoms with Crippen LogP contribution in [0.25, 0.3) is 0 Å². The maximum Gasteiger partial charge on any atom is 0.495 e. The fourth-order valence-electron chi connectivity index (χ4n) is 1.50. The lowest BCUT2D eigenvalue weighted by Gasteiger charge is -2.32. The van der Waals surface area contributed by atoms with Crippen molar-refractivity contribution < 1.29 is 9.31 Å². The Morgan fingerprint density at radius 2 is 2.06 bits per heavy atom. The van der Waals surface area contributed by atoms with E-state index in [9.17, 15) is 0 Å². The third kappa shape index (κ3) is 2.41. The zero-order valence-corrected chi connectivity index (χ0v) is 9.43. The first-order chi connectivity index (χ1) is 7.61. The molecule has 0 unspecified atom stereocenters. The van der Waals surface area contributed by atoms with Crippen LogP contribution in [0.4, 0.5) is 0 Å². The summed E-state index contributed by atoms with van der Waals surface area (Å²) in [6, 6.07) is 5.46. The molecular formula is C11H13BN2O2. The number of nitrogens with zero attached hydrogens (tertiary/aromatic N) is 2. The van der Waals surface area contributed by atoms with E-state index in [1.54, 1.807) is 12.3 Å². The molecule has 1 saturated heterocycles. The molecule has 0 spiro atoms. The monoisotopic (exact) mass is 216 g/mol. The van der Waals surface area contributed by atoms with Gasteiger partial charge in [0.1, 0.15) is 11.8 Å². The Kier molecular flexibility index (Phi) is 2.95. The summed E-state index contributed by atoms with van der Waals surface area (Å²) >= 11 is 0. The minimum Gasteiger partial charge on any atom is -0.407 e. The molecule has 2 rings (SSSR count). The fraction of sp³-hybridized carbons (Fsp3) is 0.455. The summed E-state index contributed by atoms with van der Waals surface area (Å²) in [6.45, 7) is 5.52. The van der Waals surface area contributed by atoms with E-state index in [2.05, 4.69) is 18.8 Å². The van der Waals surface area contributed by atoms with Crippen molar-refractivity contribution in [1.29, 1.82) is 5.26 Å². The molecule has 5 heteroatoms. The van der Waals surface area contributed by atoms with Gasteiger partial charge in [0.05, 0.1) is 0 Å². The van der Waals surface area contributed by atoms with Crippen molar-refractivity contribution in [2.75, 3.05) is 13.2 Å². The maximum atomic E-state index is 8.63. The predicted molar refractivity (Wildman–Crippen MR) is 60.0 cm³/mol. The molecule has 82 valence electrons. The summed E-state index contributed by atoms with van der Waals surface area (Å²) in [4.78, 5) is 3.99. The molecule has 1 aromatic rings. The molecule has 1 aliphatic heterocycles. The number of hydrogen-bond acceptors (Lipinski definition) is 4. The number of pyridine rings is 1. The summed E-state index contributed by atoms with van der Waals surface area (Å²) < 4.78 is 11.2. The predicted octanol–water partition coefficient (Wildman–Crippen LogP) is 0.721. The molecule has 0 saturated carbocycles. The van der Waals surface area contributed by atoms with Crippen molar-refractivity contribution in [1.82, 2.24) is 4.98 Å². The second-order valence-electron chi connectivity index (χ2n) is 4.71. The van der Waals surface area contributed by atoms with Gasteiger partial charge in [0.15, 0.2) is 0 Å². The Morgan fingerprint density at radius 3 is 2.56 bits per heavy atom. The number of hydrogen-bond donors (Lipinski definition) is 0. The number of rotatable bonds is 1. The van der Waals surface area contributed by atoms with Gasteiger partial charge >= 0.3 is 7.12 Å². The third-order valence-electron chi connectivity index (χ3n) is 2.42. The molecule has 2 heterocycles. The van der Waals surface area contributed by atoms with E-state index in [4.69, 9.17) is 14.6 Å². The molecule has 0 atom stereocenters. The zero-order valence-electron chi connectivity index (χ0n) is 9.43. The summed E-state index contributed by atoms with van der Waals surface area (Å²) in [7, 11) is -0.353. The SMILES string of the molecule is CC1(C)COB(c2ccc(C#N)nc2)OC1. The summed E-state index contributed by atoms with van der Waals surface area (Å²) in [5, 5.41) is 8.63. The third-order valence-corrected chi connectivity index (χ3v) is 2.42. The van der Waals surface area contributed by atoms with Crippen LogP contribution in [0, 0.1) is 16.7 Å². The van der Waals surface area contributed by atoms with E-state index < -0.39 is 0 Å².